The van der Waals surface area contributed by atoms with E-state index >= 15 is 0 Å². The SMILES string of the molecule is Cn1c(N2CCS(=O)CC2)nnc1C1(c2ccccc2)CC1. The lowest BCUT2D eigenvalue weighted by Crippen LogP contribution is -2.39. The summed E-state index contributed by atoms with van der Waals surface area (Å²) in [6.07, 6.45) is 2.26. The third-order valence-electron chi connectivity index (χ3n) is 4.82. The summed E-state index contributed by atoms with van der Waals surface area (Å²) < 4.78 is 13.7. The first-order chi connectivity index (χ1) is 10.7. The van der Waals surface area contributed by atoms with Gasteiger partial charge < -0.3 is 4.90 Å². The van der Waals surface area contributed by atoms with Gasteiger partial charge in [-0.3, -0.25) is 8.78 Å². The molecule has 1 saturated carbocycles. The third-order valence-corrected chi connectivity index (χ3v) is 6.09. The predicted molar refractivity (Wildman–Crippen MR) is 87.5 cm³/mol. The van der Waals surface area contributed by atoms with Crippen LogP contribution in [-0.4, -0.2) is 43.6 Å². The number of hydrogen-bond donors (Lipinski definition) is 0. The molecule has 0 unspecified atom stereocenters. The Labute approximate surface area is 132 Å². The van der Waals surface area contributed by atoms with Gasteiger partial charge in [-0.05, 0) is 18.4 Å². The number of aromatic nitrogens is 3. The molecular weight excluding hydrogens is 296 g/mol. The monoisotopic (exact) mass is 316 g/mol. The van der Waals surface area contributed by atoms with Crippen molar-refractivity contribution in [3.63, 3.8) is 0 Å². The van der Waals surface area contributed by atoms with Gasteiger partial charge in [0.1, 0.15) is 5.82 Å². The van der Waals surface area contributed by atoms with Gasteiger partial charge >= 0.3 is 0 Å². The Kier molecular flexibility index (Phi) is 3.29. The molecule has 0 amide bonds. The average molecular weight is 316 g/mol. The van der Waals surface area contributed by atoms with Crippen molar-refractivity contribution < 1.29 is 4.21 Å². The Bertz CT molecular complexity index is 698. The molecule has 116 valence electrons. The van der Waals surface area contributed by atoms with Crippen LogP contribution < -0.4 is 4.90 Å². The summed E-state index contributed by atoms with van der Waals surface area (Å²) in [5, 5.41) is 8.95. The Morgan fingerprint density at radius 2 is 1.77 bits per heavy atom. The molecule has 1 aromatic heterocycles. The van der Waals surface area contributed by atoms with Crippen LogP contribution in [0.25, 0.3) is 0 Å². The van der Waals surface area contributed by atoms with Crippen LogP contribution in [0.5, 0.6) is 0 Å². The van der Waals surface area contributed by atoms with Gasteiger partial charge in [-0.2, -0.15) is 0 Å². The lowest BCUT2D eigenvalue weighted by Gasteiger charge is -2.27. The first-order valence-corrected chi connectivity index (χ1v) is 9.25. The molecule has 6 heteroatoms. The topological polar surface area (TPSA) is 51.0 Å². The van der Waals surface area contributed by atoms with E-state index in [4.69, 9.17) is 0 Å². The summed E-state index contributed by atoms with van der Waals surface area (Å²) in [5.41, 5.74) is 1.37. The van der Waals surface area contributed by atoms with Gasteiger partial charge in [-0.25, -0.2) is 0 Å². The van der Waals surface area contributed by atoms with Gasteiger partial charge in [0, 0.05) is 42.4 Å². The second kappa shape index (κ2) is 5.19. The summed E-state index contributed by atoms with van der Waals surface area (Å²) in [4.78, 5) is 2.21. The number of nitrogens with zero attached hydrogens (tertiary/aromatic N) is 4. The van der Waals surface area contributed by atoms with Crippen molar-refractivity contribution in [2.24, 2.45) is 7.05 Å². The van der Waals surface area contributed by atoms with E-state index in [1.54, 1.807) is 0 Å². The van der Waals surface area contributed by atoms with E-state index in [1.807, 2.05) is 0 Å². The van der Waals surface area contributed by atoms with E-state index in [9.17, 15) is 4.21 Å². The highest BCUT2D eigenvalue weighted by Gasteiger charge is 2.50. The Hall–Kier alpha value is -1.69. The number of hydrogen-bond acceptors (Lipinski definition) is 4. The highest BCUT2D eigenvalue weighted by molar-refractivity contribution is 7.85. The lowest BCUT2D eigenvalue weighted by molar-refractivity contribution is 0.662. The quantitative estimate of drug-likeness (QED) is 0.860. The van der Waals surface area contributed by atoms with Crippen molar-refractivity contribution in [2.75, 3.05) is 29.5 Å². The molecule has 0 bridgehead atoms. The van der Waals surface area contributed by atoms with Gasteiger partial charge in [-0.15, -0.1) is 10.2 Å². The molecule has 2 aromatic rings. The molecule has 4 rings (SSSR count). The predicted octanol–water partition coefficient (Wildman–Crippen LogP) is 1.46. The van der Waals surface area contributed by atoms with Crippen molar-refractivity contribution in [1.29, 1.82) is 0 Å². The van der Waals surface area contributed by atoms with Crippen molar-refractivity contribution in [2.45, 2.75) is 18.3 Å². The van der Waals surface area contributed by atoms with E-state index in [0.717, 1.165) is 49.2 Å². The van der Waals surface area contributed by atoms with Crippen LogP contribution in [0.3, 0.4) is 0 Å². The number of rotatable bonds is 3. The smallest absolute Gasteiger partial charge is 0.227 e. The maximum atomic E-state index is 11.5. The average Bonchev–Trinajstić information content (AvgIpc) is 3.27. The van der Waals surface area contributed by atoms with Gasteiger partial charge in [0.25, 0.3) is 0 Å². The van der Waals surface area contributed by atoms with E-state index < -0.39 is 10.8 Å². The highest BCUT2D eigenvalue weighted by Crippen LogP contribution is 2.52. The maximum absolute atomic E-state index is 11.5. The summed E-state index contributed by atoms with van der Waals surface area (Å²) in [5.74, 6) is 3.42. The minimum absolute atomic E-state index is 0.0415. The standard InChI is InChI=1S/C16H20N4OS/c1-19-14(16(7-8-16)13-5-3-2-4-6-13)17-18-15(19)20-9-11-22(21)12-10-20/h2-6H,7-12H2,1H3. The minimum Gasteiger partial charge on any atom is -0.339 e. The molecule has 2 aliphatic rings. The molecule has 0 radical (unpaired) electrons. The van der Waals surface area contributed by atoms with Crippen molar-refractivity contribution in [3.05, 3.63) is 41.7 Å². The van der Waals surface area contributed by atoms with Gasteiger partial charge in [-0.1, -0.05) is 30.3 Å². The zero-order valence-corrected chi connectivity index (χ0v) is 13.6. The Morgan fingerprint density at radius 3 is 2.41 bits per heavy atom. The molecule has 1 aliphatic carbocycles. The molecule has 0 atom stereocenters. The van der Waals surface area contributed by atoms with Crippen LogP contribution in [0.2, 0.25) is 0 Å². The van der Waals surface area contributed by atoms with E-state index in [0.29, 0.717) is 0 Å². The van der Waals surface area contributed by atoms with Crippen molar-refractivity contribution in [3.8, 4) is 0 Å². The largest absolute Gasteiger partial charge is 0.339 e. The molecule has 2 fully saturated rings. The minimum atomic E-state index is -0.668. The zero-order valence-electron chi connectivity index (χ0n) is 12.7. The normalized spacial score (nSPS) is 21.0. The summed E-state index contributed by atoms with van der Waals surface area (Å²) in [6.45, 7) is 1.61. The van der Waals surface area contributed by atoms with E-state index in [-0.39, 0.29) is 5.41 Å². The van der Waals surface area contributed by atoms with Gasteiger partial charge in [0.15, 0.2) is 0 Å². The molecule has 0 spiro atoms. The van der Waals surface area contributed by atoms with E-state index in [2.05, 4.69) is 57.0 Å². The lowest BCUT2D eigenvalue weighted by atomic mass is 9.95. The van der Waals surface area contributed by atoms with Crippen LogP contribution in [0.4, 0.5) is 5.95 Å². The number of benzene rings is 1. The summed E-state index contributed by atoms with van der Waals surface area (Å²) in [6, 6.07) is 10.6. The Balaban J connectivity index is 1.66. The van der Waals surface area contributed by atoms with Crippen LogP contribution >= 0.6 is 0 Å². The second-order valence-corrected chi connectivity index (χ2v) is 7.86. The third kappa shape index (κ3) is 2.17. The molecule has 0 N–H and O–H groups in total. The fourth-order valence-corrected chi connectivity index (χ4v) is 4.43. The fraction of sp³-hybridized carbons (Fsp3) is 0.500. The maximum Gasteiger partial charge on any atom is 0.227 e. The summed E-state index contributed by atoms with van der Waals surface area (Å²) in [7, 11) is 1.39. The molecular formula is C16H20N4OS. The van der Waals surface area contributed by atoms with E-state index in [1.165, 1.54) is 5.56 Å². The van der Waals surface area contributed by atoms with Crippen LogP contribution in [0, 0.1) is 0 Å². The molecule has 5 nitrogen and oxygen atoms in total. The van der Waals surface area contributed by atoms with Gasteiger partial charge in [0.2, 0.25) is 5.95 Å². The molecule has 1 saturated heterocycles. The second-order valence-electron chi connectivity index (χ2n) is 6.17. The highest BCUT2D eigenvalue weighted by atomic mass is 32.2. The Morgan fingerprint density at radius 1 is 1.09 bits per heavy atom. The van der Waals surface area contributed by atoms with Crippen molar-refractivity contribution >= 4 is 16.7 Å². The number of anilines is 1. The molecule has 1 aromatic carbocycles. The van der Waals surface area contributed by atoms with Crippen LogP contribution in [0.15, 0.2) is 30.3 Å². The van der Waals surface area contributed by atoms with Crippen molar-refractivity contribution in [1.82, 2.24) is 14.8 Å². The van der Waals surface area contributed by atoms with Crippen LogP contribution in [-0.2, 0) is 23.3 Å². The first kappa shape index (κ1) is 13.9. The summed E-state index contributed by atoms with van der Waals surface area (Å²) >= 11 is 0. The fourth-order valence-electron chi connectivity index (χ4n) is 3.37. The van der Waals surface area contributed by atoms with Crippen LogP contribution in [0.1, 0.15) is 24.2 Å². The van der Waals surface area contributed by atoms with Gasteiger partial charge in [0.05, 0.1) is 5.41 Å². The molecule has 1 aliphatic heterocycles. The first-order valence-electron chi connectivity index (χ1n) is 7.76. The molecule has 2 heterocycles. The molecule has 22 heavy (non-hydrogen) atoms. The zero-order chi connectivity index (χ0) is 15.2.